The Morgan fingerprint density at radius 3 is 2.36 bits per heavy atom. The fourth-order valence-corrected chi connectivity index (χ4v) is 2.57. The van der Waals surface area contributed by atoms with Crippen molar-refractivity contribution in [1.29, 1.82) is 0 Å². The summed E-state index contributed by atoms with van der Waals surface area (Å²) in [6.07, 6.45) is 0. The van der Waals surface area contributed by atoms with Gasteiger partial charge in [-0.25, -0.2) is 8.42 Å². The van der Waals surface area contributed by atoms with Gasteiger partial charge in [0.2, 0.25) is 15.1 Å². The first kappa shape index (κ1) is 11.2. The number of rotatable bonds is 3. The summed E-state index contributed by atoms with van der Waals surface area (Å²) >= 11 is 0.556. The summed E-state index contributed by atoms with van der Waals surface area (Å²) < 4.78 is 25.0. The quantitative estimate of drug-likeness (QED) is 0.793. The fourth-order valence-electron chi connectivity index (χ4n) is 0.761. The minimum absolute atomic E-state index is 0.147. The van der Waals surface area contributed by atoms with Gasteiger partial charge in [0, 0.05) is 18.9 Å². The minimum Gasteiger partial charge on any atom is -0.286 e. The van der Waals surface area contributed by atoms with Crippen molar-refractivity contribution < 1.29 is 13.2 Å². The van der Waals surface area contributed by atoms with Crippen LogP contribution in [0.25, 0.3) is 0 Å². The van der Waals surface area contributed by atoms with E-state index in [0.717, 1.165) is 0 Å². The number of nitrogens with one attached hydrogen (secondary N) is 1. The molecule has 1 rings (SSSR count). The molecule has 0 bridgehead atoms. The zero-order valence-corrected chi connectivity index (χ0v) is 9.06. The Hall–Kier alpha value is -0.850. The highest BCUT2D eigenvalue weighted by Crippen LogP contribution is 2.10. The van der Waals surface area contributed by atoms with E-state index < -0.39 is 10.0 Å². The van der Waals surface area contributed by atoms with Gasteiger partial charge in [-0.2, -0.15) is 0 Å². The Labute approximate surface area is 86.9 Å². The molecule has 4 nitrogen and oxygen atoms in total. The highest BCUT2D eigenvalue weighted by atomic mass is 32.3. The van der Waals surface area contributed by atoms with Crippen molar-refractivity contribution in [2.45, 2.75) is 11.8 Å². The second-order valence-corrected chi connectivity index (χ2v) is 5.42. The van der Waals surface area contributed by atoms with E-state index in [1.54, 1.807) is 18.2 Å². The fraction of sp³-hybridized carbons (Fsp3) is 0.125. The van der Waals surface area contributed by atoms with Gasteiger partial charge in [-0.15, -0.1) is 4.13 Å². The summed E-state index contributed by atoms with van der Waals surface area (Å²) in [4.78, 5) is 10.7. The largest absolute Gasteiger partial charge is 0.286 e. The summed E-state index contributed by atoms with van der Waals surface area (Å²) in [6.45, 7) is 1.29. The minimum atomic E-state index is -3.56. The third-order valence-electron chi connectivity index (χ3n) is 1.35. The third kappa shape index (κ3) is 3.13. The lowest BCUT2D eigenvalue weighted by molar-refractivity contribution is -0.109. The molecule has 0 atom stereocenters. The normalized spacial score (nSPS) is 11.2. The van der Waals surface area contributed by atoms with Crippen molar-refractivity contribution in [2.75, 3.05) is 0 Å². The van der Waals surface area contributed by atoms with Crippen molar-refractivity contribution >= 4 is 27.1 Å². The van der Waals surface area contributed by atoms with E-state index >= 15 is 0 Å². The van der Waals surface area contributed by atoms with Crippen molar-refractivity contribution in [3.05, 3.63) is 30.3 Å². The maximum absolute atomic E-state index is 11.5. The predicted octanol–water partition coefficient (Wildman–Crippen LogP) is 1.16. The molecule has 0 saturated heterocycles. The predicted molar refractivity (Wildman–Crippen MR) is 55.0 cm³/mol. The van der Waals surface area contributed by atoms with Gasteiger partial charge >= 0.3 is 0 Å². The molecule has 0 fully saturated rings. The van der Waals surface area contributed by atoms with Crippen LogP contribution in [0.4, 0.5) is 0 Å². The molecular formula is C8H9NO3S2. The van der Waals surface area contributed by atoms with Crippen LogP contribution in [0.2, 0.25) is 0 Å². The summed E-state index contributed by atoms with van der Waals surface area (Å²) in [5, 5.41) is -0.301. The molecule has 0 saturated carbocycles. The molecule has 0 aliphatic carbocycles. The van der Waals surface area contributed by atoms with Crippen LogP contribution in [0.1, 0.15) is 6.92 Å². The number of hydrogen-bond donors (Lipinski definition) is 1. The van der Waals surface area contributed by atoms with Crippen LogP contribution in [0.5, 0.6) is 0 Å². The van der Waals surface area contributed by atoms with Gasteiger partial charge < -0.3 is 0 Å². The smallest absolute Gasteiger partial charge is 0.250 e. The molecule has 0 unspecified atom stereocenters. The molecule has 1 aromatic carbocycles. The number of hydrogen-bond acceptors (Lipinski definition) is 4. The Morgan fingerprint density at radius 1 is 1.29 bits per heavy atom. The first-order valence-electron chi connectivity index (χ1n) is 3.76. The number of sulfonamides is 1. The van der Waals surface area contributed by atoms with Crippen LogP contribution in [0.15, 0.2) is 35.2 Å². The Morgan fingerprint density at radius 2 is 1.86 bits per heavy atom. The summed E-state index contributed by atoms with van der Waals surface area (Å²) in [5.74, 6) is 0. The Bertz CT molecular complexity index is 413. The summed E-state index contributed by atoms with van der Waals surface area (Å²) in [5.41, 5.74) is 0. The average Bonchev–Trinajstić information content (AvgIpc) is 2.16. The number of carbonyl (C=O) groups excluding carboxylic acids is 1. The second-order valence-electron chi connectivity index (χ2n) is 2.49. The van der Waals surface area contributed by atoms with Gasteiger partial charge in [-0.1, -0.05) is 18.2 Å². The molecule has 6 heteroatoms. The monoisotopic (exact) mass is 231 g/mol. The lowest BCUT2D eigenvalue weighted by Gasteiger charge is -2.02. The van der Waals surface area contributed by atoms with E-state index in [1.807, 2.05) is 0 Å². The number of carbonyl (C=O) groups is 1. The van der Waals surface area contributed by atoms with E-state index in [-0.39, 0.29) is 10.0 Å². The Balaban J connectivity index is 2.82. The highest BCUT2D eigenvalue weighted by molar-refractivity contribution is 8.18. The molecule has 0 heterocycles. The maximum Gasteiger partial charge on any atom is 0.250 e. The standard InChI is InChI=1S/C8H9NO3S2/c1-7(10)13-9-14(11,12)8-5-3-2-4-6-8/h2-6,9H,1H3. The lowest BCUT2D eigenvalue weighted by Crippen LogP contribution is -2.17. The van der Waals surface area contributed by atoms with Gasteiger partial charge in [-0.05, 0) is 12.1 Å². The van der Waals surface area contributed by atoms with Crippen molar-refractivity contribution in [3.8, 4) is 0 Å². The van der Waals surface area contributed by atoms with Gasteiger partial charge in [0.1, 0.15) is 0 Å². The molecule has 1 N–H and O–H groups in total. The molecular weight excluding hydrogens is 222 g/mol. The SMILES string of the molecule is CC(=O)SNS(=O)(=O)c1ccccc1. The lowest BCUT2D eigenvalue weighted by atomic mass is 10.4. The topological polar surface area (TPSA) is 63.2 Å². The molecule has 0 aliphatic rings. The molecule has 0 spiro atoms. The van der Waals surface area contributed by atoms with Gasteiger partial charge in [0.15, 0.2) is 0 Å². The molecule has 1 aromatic rings. The van der Waals surface area contributed by atoms with Crippen molar-refractivity contribution in [2.24, 2.45) is 0 Å². The van der Waals surface area contributed by atoms with Crippen LogP contribution < -0.4 is 4.13 Å². The molecule has 14 heavy (non-hydrogen) atoms. The van der Waals surface area contributed by atoms with Gasteiger partial charge in [0.05, 0.1) is 4.90 Å². The van der Waals surface area contributed by atoms with Crippen LogP contribution >= 0.6 is 11.9 Å². The average molecular weight is 231 g/mol. The van der Waals surface area contributed by atoms with E-state index in [4.69, 9.17) is 0 Å². The van der Waals surface area contributed by atoms with Crippen LogP contribution in [0.3, 0.4) is 0 Å². The van der Waals surface area contributed by atoms with Crippen molar-refractivity contribution in [3.63, 3.8) is 0 Å². The van der Waals surface area contributed by atoms with Crippen LogP contribution in [-0.2, 0) is 14.8 Å². The first-order valence-corrected chi connectivity index (χ1v) is 6.06. The third-order valence-corrected chi connectivity index (χ3v) is 3.74. The van der Waals surface area contributed by atoms with Gasteiger partial charge in [0.25, 0.3) is 0 Å². The molecule has 0 radical (unpaired) electrons. The molecule has 0 aromatic heterocycles. The number of benzene rings is 1. The summed E-state index contributed by atoms with van der Waals surface area (Å²) in [7, 11) is -3.56. The van der Waals surface area contributed by atoms with E-state index in [1.165, 1.54) is 19.1 Å². The highest BCUT2D eigenvalue weighted by Gasteiger charge is 2.13. The zero-order valence-electron chi connectivity index (χ0n) is 7.43. The zero-order chi connectivity index (χ0) is 10.6. The van der Waals surface area contributed by atoms with Crippen LogP contribution in [-0.4, -0.2) is 13.5 Å². The van der Waals surface area contributed by atoms with E-state index in [9.17, 15) is 13.2 Å². The second kappa shape index (κ2) is 4.59. The summed E-state index contributed by atoms with van der Waals surface area (Å²) in [6, 6.07) is 7.88. The molecule has 76 valence electrons. The molecule has 0 amide bonds. The van der Waals surface area contributed by atoms with Gasteiger partial charge in [-0.3, -0.25) is 4.79 Å². The Kier molecular flexibility index (Phi) is 3.68. The maximum atomic E-state index is 11.5. The van der Waals surface area contributed by atoms with E-state index in [0.29, 0.717) is 11.9 Å². The van der Waals surface area contributed by atoms with Crippen molar-refractivity contribution in [1.82, 2.24) is 4.13 Å². The first-order chi connectivity index (χ1) is 6.52. The molecule has 0 aliphatic heterocycles. The van der Waals surface area contributed by atoms with E-state index in [2.05, 4.69) is 4.13 Å². The van der Waals surface area contributed by atoms with Crippen LogP contribution in [0, 0.1) is 0 Å².